The number of hydrogen-bond donors (Lipinski definition) is 2. The van der Waals surface area contributed by atoms with Crippen LogP contribution >= 0.6 is 12.4 Å². The van der Waals surface area contributed by atoms with Gasteiger partial charge < -0.3 is 20.1 Å². The van der Waals surface area contributed by atoms with Gasteiger partial charge in [-0.1, -0.05) is 31.2 Å². The number of ether oxygens (including phenoxy) is 2. The van der Waals surface area contributed by atoms with E-state index in [-0.39, 0.29) is 24.7 Å². The van der Waals surface area contributed by atoms with Crippen LogP contribution in [0, 0.1) is 0 Å². The van der Waals surface area contributed by atoms with Crippen molar-refractivity contribution in [3.05, 3.63) is 53.6 Å². The van der Waals surface area contributed by atoms with Crippen molar-refractivity contribution in [2.75, 3.05) is 26.1 Å². The molecule has 0 spiro atoms. The van der Waals surface area contributed by atoms with E-state index in [1.807, 2.05) is 42.5 Å². The first kappa shape index (κ1) is 20.8. The Bertz CT molecular complexity index is 670. The van der Waals surface area contributed by atoms with Crippen molar-refractivity contribution in [2.45, 2.75) is 19.9 Å². The van der Waals surface area contributed by atoms with E-state index in [1.165, 1.54) is 0 Å². The lowest BCUT2D eigenvalue weighted by Gasteiger charge is -2.14. The highest BCUT2D eigenvalue weighted by Crippen LogP contribution is 2.29. The van der Waals surface area contributed by atoms with Crippen LogP contribution < -0.4 is 20.1 Å². The molecule has 0 aliphatic carbocycles. The van der Waals surface area contributed by atoms with Crippen LogP contribution in [0.3, 0.4) is 0 Å². The molecule has 136 valence electrons. The molecule has 2 aromatic rings. The summed E-state index contributed by atoms with van der Waals surface area (Å²) in [5.41, 5.74) is 2.61. The van der Waals surface area contributed by atoms with Crippen molar-refractivity contribution in [1.29, 1.82) is 0 Å². The Morgan fingerprint density at radius 3 is 2.24 bits per heavy atom. The summed E-state index contributed by atoms with van der Waals surface area (Å²) >= 11 is 0. The second-order valence-electron chi connectivity index (χ2n) is 5.30. The molecule has 0 saturated heterocycles. The molecule has 0 atom stereocenters. The van der Waals surface area contributed by atoms with Gasteiger partial charge in [-0.05, 0) is 30.3 Å². The highest BCUT2D eigenvalue weighted by Gasteiger charge is 2.15. The molecule has 2 N–H and O–H groups in total. The first-order valence-corrected chi connectivity index (χ1v) is 7.98. The van der Waals surface area contributed by atoms with Gasteiger partial charge in [-0.15, -0.1) is 12.4 Å². The lowest BCUT2D eigenvalue weighted by molar-refractivity contribution is -0.115. The van der Waals surface area contributed by atoms with Crippen LogP contribution in [-0.2, 0) is 17.8 Å². The number of amides is 1. The zero-order chi connectivity index (χ0) is 17.4. The van der Waals surface area contributed by atoms with Gasteiger partial charge in [-0.3, -0.25) is 4.79 Å². The molecule has 0 saturated carbocycles. The summed E-state index contributed by atoms with van der Waals surface area (Å²) in [7, 11) is 3.17. The first-order chi connectivity index (χ1) is 11.7. The monoisotopic (exact) mass is 364 g/mol. The molecule has 0 bridgehead atoms. The number of nitrogens with one attached hydrogen (secondary N) is 2. The summed E-state index contributed by atoms with van der Waals surface area (Å²) < 4.78 is 10.7. The third-order valence-corrected chi connectivity index (χ3v) is 3.72. The first-order valence-electron chi connectivity index (χ1n) is 7.98. The van der Waals surface area contributed by atoms with Crippen LogP contribution in [-0.4, -0.2) is 26.7 Å². The molecule has 2 aromatic carbocycles. The summed E-state index contributed by atoms with van der Waals surface area (Å²) in [4.78, 5) is 12.5. The van der Waals surface area contributed by atoms with Gasteiger partial charge in [0.05, 0.1) is 20.6 Å². The maximum absolute atomic E-state index is 12.5. The number of hydrogen-bond acceptors (Lipinski definition) is 4. The van der Waals surface area contributed by atoms with Gasteiger partial charge in [0.2, 0.25) is 5.91 Å². The Morgan fingerprint density at radius 2 is 1.64 bits per heavy atom. The van der Waals surface area contributed by atoms with Crippen molar-refractivity contribution in [2.24, 2.45) is 0 Å². The average Bonchev–Trinajstić information content (AvgIpc) is 2.61. The standard InChI is InChI=1S/C19H24N2O3.ClH/c1-4-20-13-14-8-5-6-9-16(14)21-19(22)12-15-17(23-2)10-7-11-18(15)24-3;/h5-11,20H,4,12-13H2,1-3H3,(H,21,22);1H. The molecule has 5 nitrogen and oxygen atoms in total. The van der Waals surface area contributed by atoms with Crippen LogP contribution in [0.2, 0.25) is 0 Å². The number of carbonyl (C=O) groups is 1. The van der Waals surface area contributed by atoms with Crippen molar-refractivity contribution in [3.8, 4) is 11.5 Å². The third kappa shape index (κ3) is 5.66. The minimum absolute atomic E-state index is 0. The lowest BCUT2D eigenvalue weighted by Crippen LogP contribution is -2.19. The maximum Gasteiger partial charge on any atom is 0.229 e. The van der Waals surface area contributed by atoms with Crippen molar-refractivity contribution in [3.63, 3.8) is 0 Å². The van der Waals surface area contributed by atoms with Gasteiger partial charge in [0.1, 0.15) is 11.5 Å². The van der Waals surface area contributed by atoms with Crippen LogP contribution in [0.4, 0.5) is 5.69 Å². The van der Waals surface area contributed by atoms with Gasteiger partial charge in [-0.2, -0.15) is 0 Å². The summed E-state index contributed by atoms with van der Waals surface area (Å²) in [5.74, 6) is 1.18. The second-order valence-corrected chi connectivity index (χ2v) is 5.30. The Morgan fingerprint density at radius 1 is 1.00 bits per heavy atom. The quantitative estimate of drug-likeness (QED) is 0.753. The fourth-order valence-electron chi connectivity index (χ4n) is 2.51. The number of benzene rings is 2. The Labute approximate surface area is 155 Å². The second kappa shape index (κ2) is 10.6. The molecular weight excluding hydrogens is 340 g/mol. The predicted octanol–water partition coefficient (Wildman–Crippen LogP) is 3.42. The molecule has 2 rings (SSSR count). The average molecular weight is 365 g/mol. The van der Waals surface area contributed by atoms with E-state index in [1.54, 1.807) is 14.2 Å². The van der Waals surface area contributed by atoms with E-state index in [2.05, 4.69) is 17.6 Å². The van der Waals surface area contributed by atoms with Gasteiger partial charge >= 0.3 is 0 Å². The van der Waals surface area contributed by atoms with Crippen LogP contribution in [0.1, 0.15) is 18.1 Å². The summed E-state index contributed by atoms with van der Waals surface area (Å²) in [6, 6.07) is 13.3. The van der Waals surface area contributed by atoms with Gasteiger partial charge in [0.15, 0.2) is 0 Å². The smallest absolute Gasteiger partial charge is 0.229 e. The Hall–Kier alpha value is -2.24. The minimum Gasteiger partial charge on any atom is -0.496 e. The number of para-hydroxylation sites is 1. The molecular formula is C19H25ClN2O3. The van der Waals surface area contributed by atoms with Crippen molar-refractivity contribution in [1.82, 2.24) is 5.32 Å². The van der Waals surface area contributed by atoms with Gasteiger partial charge in [0.25, 0.3) is 0 Å². The molecule has 0 fully saturated rings. The van der Waals surface area contributed by atoms with Crippen LogP contribution in [0.15, 0.2) is 42.5 Å². The van der Waals surface area contributed by atoms with E-state index in [4.69, 9.17) is 9.47 Å². The van der Waals surface area contributed by atoms with E-state index in [0.717, 1.165) is 23.4 Å². The van der Waals surface area contributed by atoms with E-state index in [0.29, 0.717) is 18.0 Å². The fraction of sp³-hybridized carbons (Fsp3) is 0.316. The number of methoxy groups -OCH3 is 2. The Balaban J connectivity index is 0.00000312. The summed E-state index contributed by atoms with van der Waals surface area (Å²) in [5, 5.41) is 6.25. The lowest BCUT2D eigenvalue weighted by atomic mass is 10.1. The fourth-order valence-corrected chi connectivity index (χ4v) is 2.51. The molecule has 0 aliphatic heterocycles. The largest absolute Gasteiger partial charge is 0.496 e. The molecule has 0 heterocycles. The molecule has 1 amide bonds. The maximum atomic E-state index is 12.5. The molecule has 0 aliphatic rings. The highest BCUT2D eigenvalue weighted by atomic mass is 35.5. The van der Waals surface area contributed by atoms with Crippen molar-refractivity contribution >= 4 is 24.0 Å². The normalized spacial score (nSPS) is 9.88. The topological polar surface area (TPSA) is 59.6 Å². The molecule has 6 heteroatoms. The Kier molecular flexibility index (Phi) is 8.81. The number of carbonyl (C=O) groups excluding carboxylic acids is 1. The zero-order valence-electron chi connectivity index (χ0n) is 14.8. The van der Waals surface area contributed by atoms with Crippen molar-refractivity contribution < 1.29 is 14.3 Å². The summed E-state index contributed by atoms with van der Waals surface area (Å²) in [6.45, 7) is 3.64. The number of rotatable bonds is 8. The molecule has 0 unspecified atom stereocenters. The molecule has 0 radical (unpaired) electrons. The van der Waals surface area contributed by atoms with Gasteiger partial charge in [-0.25, -0.2) is 0 Å². The molecule has 0 aromatic heterocycles. The third-order valence-electron chi connectivity index (χ3n) is 3.72. The number of halogens is 1. The van der Waals surface area contributed by atoms with E-state index >= 15 is 0 Å². The van der Waals surface area contributed by atoms with Gasteiger partial charge in [0, 0.05) is 17.8 Å². The summed E-state index contributed by atoms with van der Waals surface area (Å²) in [6.07, 6.45) is 0.183. The zero-order valence-corrected chi connectivity index (χ0v) is 15.6. The van der Waals surface area contributed by atoms with E-state index < -0.39 is 0 Å². The molecule has 25 heavy (non-hydrogen) atoms. The number of anilines is 1. The highest BCUT2D eigenvalue weighted by molar-refractivity contribution is 5.93. The van der Waals surface area contributed by atoms with Crippen LogP contribution in [0.5, 0.6) is 11.5 Å². The SMILES string of the molecule is CCNCc1ccccc1NC(=O)Cc1c(OC)cccc1OC.Cl. The van der Waals surface area contributed by atoms with Crippen LogP contribution in [0.25, 0.3) is 0 Å². The van der Waals surface area contributed by atoms with E-state index in [9.17, 15) is 4.79 Å². The predicted molar refractivity (Wildman–Crippen MR) is 103 cm³/mol. The minimum atomic E-state index is -0.109.